The lowest BCUT2D eigenvalue weighted by Crippen LogP contribution is -2.38. The van der Waals surface area contributed by atoms with Crippen LogP contribution in [0.15, 0.2) is 0 Å². The Morgan fingerprint density at radius 2 is 2.38 bits per heavy atom. The maximum absolute atomic E-state index is 5.59. The number of ether oxygens (including phenoxy) is 1. The number of rotatable bonds is 3. The number of hydrogen-bond acceptors (Lipinski definition) is 2. The normalized spacial score (nSPS) is 27.8. The largest absolute Gasteiger partial charge is 0.378 e. The Balaban J connectivity index is 2.20. The summed E-state index contributed by atoms with van der Waals surface area (Å²) < 4.78 is 5.59. The van der Waals surface area contributed by atoms with Crippen molar-refractivity contribution in [3.05, 3.63) is 0 Å². The summed E-state index contributed by atoms with van der Waals surface area (Å²) in [7, 11) is 0. The Hall–Kier alpha value is -0.520. The van der Waals surface area contributed by atoms with Crippen molar-refractivity contribution in [1.82, 2.24) is 5.32 Å². The molecule has 0 aromatic heterocycles. The third kappa shape index (κ3) is 3.80. The second-order valence-corrected chi connectivity index (χ2v) is 3.43. The Labute approximate surface area is 81.0 Å². The minimum atomic E-state index is 0.459. The first-order valence-electron chi connectivity index (χ1n) is 5.11. The Morgan fingerprint density at radius 3 is 3.08 bits per heavy atom. The molecule has 0 bridgehead atoms. The zero-order chi connectivity index (χ0) is 9.52. The molecule has 1 rings (SSSR count). The number of hydrogen-bond donors (Lipinski definition) is 1. The highest BCUT2D eigenvalue weighted by atomic mass is 16.5. The van der Waals surface area contributed by atoms with Gasteiger partial charge in [-0.25, -0.2) is 0 Å². The highest BCUT2D eigenvalue weighted by Gasteiger charge is 2.19. The summed E-state index contributed by atoms with van der Waals surface area (Å²) in [6.07, 6.45) is 3.85. The van der Waals surface area contributed by atoms with Crippen molar-refractivity contribution in [1.29, 1.82) is 0 Å². The van der Waals surface area contributed by atoms with Gasteiger partial charge in [0.15, 0.2) is 0 Å². The summed E-state index contributed by atoms with van der Waals surface area (Å²) in [4.78, 5) is 0. The van der Waals surface area contributed by atoms with E-state index in [1.165, 1.54) is 0 Å². The average molecular weight is 181 g/mol. The highest BCUT2D eigenvalue weighted by molar-refractivity contribution is 4.98. The van der Waals surface area contributed by atoms with Crippen molar-refractivity contribution >= 4 is 0 Å². The molecule has 1 N–H and O–H groups in total. The van der Waals surface area contributed by atoms with E-state index in [1.807, 2.05) is 6.92 Å². The fourth-order valence-corrected chi connectivity index (χ4v) is 1.63. The van der Waals surface area contributed by atoms with Crippen LogP contribution in [0.1, 0.15) is 33.1 Å². The van der Waals surface area contributed by atoms with Crippen LogP contribution >= 0.6 is 0 Å². The average Bonchev–Trinajstić information content (AvgIpc) is 2.19. The van der Waals surface area contributed by atoms with Gasteiger partial charge in [0.25, 0.3) is 0 Å². The van der Waals surface area contributed by atoms with E-state index < -0.39 is 0 Å². The monoisotopic (exact) mass is 181 g/mol. The van der Waals surface area contributed by atoms with Crippen molar-refractivity contribution in [3.63, 3.8) is 0 Å². The minimum Gasteiger partial charge on any atom is -0.378 e. The molecule has 1 aliphatic heterocycles. The zero-order valence-corrected chi connectivity index (χ0v) is 8.60. The second-order valence-electron chi connectivity index (χ2n) is 3.43. The lowest BCUT2D eigenvalue weighted by Gasteiger charge is -2.29. The molecule has 2 nitrogen and oxygen atoms in total. The van der Waals surface area contributed by atoms with Crippen molar-refractivity contribution in [3.8, 4) is 11.8 Å². The van der Waals surface area contributed by atoms with Crippen LogP contribution in [-0.2, 0) is 4.74 Å². The lowest BCUT2D eigenvalue weighted by molar-refractivity contribution is 0.000661. The molecule has 0 aromatic rings. The van der Waals surface area contributed by atoms with Crippen LogP contribution < -0.4 is 5.32 Å². The van der Waals surface area contributed by atoms with E-state index in [0.717, 1.165) is 32.4 Å². The predicted octanol–water partition coefficient (Wildman–Crippen LogP) is 1.56. The summed E-state index contributed by atoms with van der Waals surface area (Å²) in [5.41, 5.74) is 0. The molecule has 2 atom stereocenters. The van der Waals surface area contributed by atoms with E-state index in [1.54, 1.807) is 0 Å². The molecule has 1 aliphatic rings. The molecule has 0 spiro atoms. The van der Waals surface area contributed by atoms with Gasteiger partial charge in [0, 0.05) is 12.6 Å². The quantitative estimate of drug-likeness (QED) is 0.667. The fraction of sp³-hybridized carbons (Fsp3) is 0.818. The molecular formula is C11H19NO. The molecule has 2 heteroatoms. The van der Waals surface area contributed by atoms with E-state index in [2.05, 4.69) is 24.1 Å². The molecule has 1 fully saturated rings. The van der Waals surface area contributed by atoms with Crippen molar-refractivity contribution in [2.75, 3.05) is 13.2 Å². The first-order chi connectivity index (χ1) is 6.36. The van der Waals surface area contributed by atoms with Gasteiger partial charge in [0.2, 0.25) is 0 Å². The Morgan fingerprint density at radius 1 is 1.54 bits per heavy atom. The van der Waals surface area contributed by atoms with Crippen LogP contribution in [0.3, 0.4) is 0 Å². The Bertz CT molecular complexity index is 192. The smallest absolute Gasteiger partial charge is 0.0587 e. The van der Waals surface area contributed by atoms with Gasteiger partial charge in [-0.15, -0.1) is 5.92 Å². The van der Waals surface area contributed by atoms with Crippen LogP contribution in [-0.4, -0.2) is 25.3 Å². The molecule has 0 saturated carbocycles. The summed E-state index contributed by atoms with van der Waals surface area (Å²) in [5, 5.41) is 3.43. The standard InChI is InChI=1S/C11H19NO/c1-3-5-7-12-10-6-8-13-11(4-2)9-10/h10-12H,4,6-9H2,1-2H3. The predicted molar refractivity (Wildman–Crippen MR) is 54.5 cm³/mol. The first kappa shape index (κ1) is 10.6. The molecular weight excluding hydrogens is 162 g/mol. The fourth-order valence-electron chi connectivity index (χ4n) is 1.63. The van der Waals surface area contributed by atoms with E-state index in [-0.39, 0.29) is 0 Å². The number of nitrogens with one attached hydrogen (secondary N) is 1. The van der Waals surface area contributed by atoms with Crippen molar-refractivity contribution in [2.24, 2.45) is 0 Å². The lowest BCUT2D eigenvalue weighted by atomic mass is 10.0. The van der Waals surface area contributed by atoms with Crippen LogP contribution in [0.5, 0.6) is 0 Å². The van der Waals surface area contributed by atoms with E-state index in [0.29, 0.717) is 12.1 Å². The molecule has 0 radical (unpaired) electrons. The zero-order valence-electron chi connectivity index (χ0n) is 8.60. The molecule has 1 heterocycles. The molecule has 1 saturated heterocycles. The van der Waals surface area contributed by atoms with E-state index in [4.69, 9.17) is 4.74 Å². The van der Waals surface area contributed by atoms with Crippen LogP contribution in [0.25, 0.3) is 0 Å². The van der Waals surface area contributed by atoms with Gasteiger partial charge >= 0.3 is 0 Å². The van der Waals surface area contributed by atoms with E-state index >= 15 is 0 Å². The summed E-state index contributed by atoms with van der Waals surface area (Å²) in [6, 6.07) is 0.611. The topological polar surface area (TPSA) is 21.3 Å². The van der Waals surface area contributed by atoms with Gasteiger partial charge in [-0.1, -0.05) is 12.8 Å². The third-order valence-corrected chi connectivity index (χ3v) is 2.48. The SMILES string of the molecule is CC#CCNC1CCOC(CC)C1. The maximum Gasteiger partial charge on any atom is 0.0587 e. The van der Waals surface area contributed by atoms with Gasteiger partial charge in [-0.05, 0) is 26.2 Å². The maximum atomic E-state index is 5.59. The Kier molecular flexibility index (Phi) is 4.88. The molecule has 13 heavy (non-hydrogen) atoms. The van der Waals surface area contributed by atoms with Gasteiger partial charge < -0.3 is 10.1 Å². The summed E-state index contributed by atoms with van der Waals surface area (Å²) in [6.45, 7) is 5.77. The molecule has 0 amide bonds. The van der Waals surface area contributed by atoms with E-state index in [9.17, 15) is 0 Å². The van der Waals surface area contributed by atoms with Crippen LogP contribution in [0, 0.1) is 11.8 Å². The minimum absolute atomic E-state index is 0.459. The summed E-state index contributed by atoms with van der Waals surface area (Å²) in [5.74, 6) is 5.92. The molecule has 0 aliphatic carbocycles. The molecule has 2 unspecified atom stereocenters. The molecule has 0 aromatic carbocycles. The summed E-state index contributed by atoms with van der Waals surface area (Å²) >= 11 is 0. The first-order valence-corrected chi connectivity index (χ1v) is 5.11. The van der Waals surface area contributed by atoms with Crippen molar-refractivity contribution < 1.29 is 4.74 Å². The van der Waals surface area contributed by atoms with Crippen molar-refractivity contribution in [2.45, 2.75) is 45.3 Å². The van der Waals surface area contributed by atoms with Gasteiger partial charge in [0.1, 0.15) is 0 Å². The third-order valence-electron chi connectivity index (χ3n) is 2.48. The van der Waals surface area contributed by atoms with Crippen LogP contribution in [0.2, 0.25) is 0 Å². The molecule has 74 valence electrons. The second kappa shape index (κ2) is 6.01. The van der Waals surface area contributed by atoms with Crippen LogP contribution in [0.4, 0.5) is 0 Å². The van der Waals surface area contributed by atoms with Gasteiger partial charge in [0.05, 0.1) is 12.6 Å². The van der Waals surface area contributed by atoms with Gasteiger partial charge in [-0.3, -0.25) is 0 Å². The van der Waals surface area contributed by atoms with Gasteiger partial charge in [-0.2, -0.15) is 0 Å². The highest BCUT2D eigenvalue weighted by Crippen LogP contribution is 2.15.